The van der Waals surface area contributed by atoms with Gasteiger partial charge in [0.15, 0.2) is 0 Å². The lowest BCUT2D eigenvalue weighted by atomic mass is 10.5. The first-order valence-corrected chi connectivity index (χ1v) is 1.27. The van der Waals surface area contributed by atoms with E-state index in [4.69, 9.17) is 5.73 Å². The fraction of sp³-hybridized carbons (Fsp3) is 0.500. The first-order chi connectivity index (χ1) is 2.27. The van der Waals surface area contributed by atoms with E-state index in [9.17, 15) is 0 Å². The van der Waals surface area contributed by atoms with Crippen LogP contribution in [0.1, 0.15) is 6.92 Å². The highest BCUT2D eigenvalue weighted by molar-refractivity contribution is 6.11. The second-order valence-corrected chi connectivity index (χ2v) is 0.770. The van der Waals surface area contributed by atoms with Gasteiger partial charge in [0, 0.05) is 0 Å². The Kier molecular flexibility index (Phi) is 1.65. The van der Waals surface area contributed by atoms with E-state index >= 15 is 0 Å². The Balaban J connectivity index is 3.14. The zero-order valence-electron chi connectivity index (χ0n) is 3.10. The minimum absolute atomic E-state index is 0.407. The minimum atomic E-state index is 0.407. The smallest absolute Gasteiger partial charge is 0.261 e. The summed E-state index contributed by atoms with van der Waals surface area (Å²) in [5, 5.41) is 0. The molecular formula is C2H5BN2. The summed E-state index contributed by atoms with van der Waals surface area (Å²) in [6, 6.07) is 0. The molecule has 26 valence electrons. The molecule has 0 aliphatic heterocycles. The normalized spacial score (nSPS) is 11.8. The Bertz CT molecular complexity index is 45.6. The van der Waals surface area contributed by atoms with Gasteiger partial charge in [0.05, 0.1) is 5.84 Å². The molecule has 3 heteroatoms. The average molecular weight is 67.9 g/mol. The summed E-state index contributed by atoms with van der Waals surface area (Å²) in [6.07, 6.45) is 0. The molecule has 0 atom stereocenters. The van der Waals surface area contributed by atoms with Crippen LogP contribution in [0.5, 0.6) is 0 Å². The summed E-state index contributed by atoms with van der Waals surface area (Å²) >= 11 is 0. The molecule has 0 bridgehead atoms. The third-order valence-electron chi connectivity index (χ3n) is 0.204. The van der Waals surface area contributed by atoms with Gasteiger partial charge in [0.25, 0.3) is 7.98 Å². The van der Waals surface area contributed by atoms with Gasteiger partial charge in [0.2, 0.25) is 0 Å². The van der Waals surface area contributed by atoms with Crippen LogP contribution in [0.15, 0.2) is 4.90 Å². The van der Waals surface area contributed by atoms with Gasteiger partial charge >= 0.3 is 0 Å². The topological polar surface area (TPSA) is 38.4 Å². The van der Waals surface area contributed by atoms with Crippen LogP contribution in [-0.2, 0) is 0 Å². The second kappa shape index (κ2) is 1.82. The van der Waals surface area contributed by atoms with Crippen LogP contribution in [0.4, 0.5) is 0 Å². The number of nitrogens with zero attached hydrogens (tertiary/aromatic N) is 1. The van der Waals surface area contributed by atoms with Gasteiger partial charge in [-0.05, 0) is 6.92 Å². The van der Waals surface area contributed by atoms with Crippen LogP contribution < -0.4 is 5.73 Å². The van der Waals surface area contributed by atoms with Gasteiger partial charge in [0.1, 0.15) is 0 Å². The van der Waals surface area contributed by atoms with Gasteiger partial charge in [-0.1, -0.05) is 0 Å². The number of rotatable bonds is 0. The summed E-state index contributed by atoms with van der Waals surface area (Å²) in [7, 11) is 4.63. The summed E-state index contributed by atoms with van der Waals surface area (Å²) in [5.74, 6) is 0.407. The van der Waals surface area contributed by atoms with Crippen molar-refractivity contribution in [2.45, 2.75) is 6.92 Å². The Hall–Kier alpha value is -0.465. The molecule has 0 aliphatic rings. The van der Waals surface area contributed by atoms with Crippen LogP contribution in [-0.4, -0.2) is 13.8 Å². The molecule has 0 aromatic carbocycles. The van der Waals surface area contributed by atoms with E-state index in [1.54, 1.807) is 6.92 Å². The van der Waals surface area contributed by atoms with Gasteiger partial charge < -0.3 is 10.6 Å². The lowest BCUT2D eigenvalue weighted by molar-refractivity contribution is 1.59. The predicted molar refractivity (Wildman–Crippen MR) is 23.1 cm³/mol. The molecule has 0 spiro atoms. The van der Waals surface area contributed by atoms with Gasteiger partial charge in [-0.25, -0.2) is 0 Å². The molecule has 0 aliphatic carbocycles. The van der Waals surface area contributed by atoms with Crippen molar-refractivity contribution in [1.29, 1.82) is 0 Å². The largest absolute Gasteiger partial charge is 0.389 e. The summed E-state index contributed by atoms with van der Waals surface area (Å²) in [5.41, 5.74) is 4.92. The SMILES string of the molecule is [B]N=C(C)N. The predicted octanol–water partition coefficient (Wildman–Crippen LogP) is -0.553. The molecule has 0 fully saturated rings. The Morgan fingerprint density at radius 2 is 2.20 bits per heavy atom. The van der Waals surface area contributed by atoms with Crippen LogP contribution in [0, 0.1) is 0 Å². The molecule has 5 heavy (non-hydrogen) atoms. The van der Waals surface area contributed by atoms with Crippen molar-refractivity contribution in [3.63, 3.8) is 0 Å². The van der Waals surface area contributed by atoms with Crippen molar-refractivity contribution in [2.75, 3.05) is 0 Å². The molecule has 0 saturated heterocycles. The Labute approximate surface area is 32.5 Å². The zero-order chi connectivity index (χ0) is 4.28. The van der Waals surface area contributed by atoms with E-state index in [1.165, 1.54) is 0 Å². The third kappa shape index (κ3) is 3.53. The third-order valence-corrected chi connectivity index (χ3v) is 0.204. The molecule has 0 rings (SSSR count). The number of nitrogens with two attached hydrogens (primary N) is 1. The maximum atomic E-state index is 4.92. The molecule has 0 aromatic rings. The Morgan fingerprint density at radius 1 is 2.00 bits per heavy atom. The minimum Gasteiger partial charge on any atom is -0.389 e. The standard InChI is InChI=1S/C2H5BN2/c1-2(4)5-3/h1H3,(H2,4,5). The molecule has 0 saturated carbocycles. The lowest BCUT2D eigenvalue weighted by Gasteiger charge is -1.76. The fourth-order valence-corrected chi connectivity index (χ4v) is 0. The van der Waals surface area contributed by atoms with Crippen molar-refractivity contribution in [3.8, 4) is 0 Å². The van der Waals surface area contributed by atoms with E-state index < -0.39 is 0 Å². The molecular weight excluding hydrogens is 62.8 g/mol. The van der Waals surface area contributed by atoms with Gasteiger partial charge in [-0.15, -0.1) is 0 Å². The summed E-state index contributed by atoms with van der Waals surface area (Å²) < 4.78 is 0. The van der Waals surface area contributed by atoms with Gasteiger partial charge in [-0.2, -0.15) is 0 Å². The number of amidine groups is 1. The average Bonchev–Trinajstić information content (AvgIpc) is 1.38. The van der Waals surface area contributed by atoms with E-state index in [1.807, 2.05) is 0 Å². The Morgan fingerprint density at radius 3 is 2.20 bits per heavy atom. The summed E-state index contributed by atoms with van der Waals surface area (Å²) in [4.78, 5) is 3.08. The van der Waals surface area contributed by atoms with E-state index in [0.717, 1.165) is 0 Å². The number of hydrogen-bond donors (Lipinski definition) is 1. The quantitative estimate of drug-likeness (QED) is 0.231. The van der Waals surface area contributed by atoms with E-state index in [0.29, 0.717) is 5.84 Å². The van der Waals surface area contributed by atoms with Crippen molar-refractivity contribution in [2.24, 2.45) is 10.6 Å². The molecule has 2 N–H and O–H groups in total. The van der Waals surface area contributed by atoms with Crippen LogP contribution in [0.2, 0.25) is 0 Å². The van der Waals surface area contributed by atoms with Gasteiger partial charge in [-0.3, -0.25) is 0 Å². The second-order valence-electron chi connectivity index (χ2n) is 0.770. The zero-order valence-corrected chi connectivity index (χ0v) is 3.10. The van der Waals surface area contributed by atoms with Crippen molar-refractivity contribution in [3.05, 3.63) is 0 Å². The lowest BCUT2D eigenvalue weighted by Crippen LogP contribution is -2.03. The summed E-state index contributed by atoms with van der Waals surface area (Å²) in [6.45, 7) is 1.62. The molecule has 0 heterocycles. The van der Waals surface area contributed by atoms with Crippen LogP contribution in [0.3, 0.4) is 0 Å². The van der Waals surface area contributed by atoms with Crippen molar-refractivity contribution >= 4 is 13.8 Å². The maximum absolute atomic E-state index is 4.92. The maximum Gasteiger partial charge on any atom is 0.261 e. The highest BCUT2D eigenvalue weighted by atomic mass is 14.8. The monoisotopic (exact) mass is 68.1 g/mol. The fourth-order valence-electron chi connectivity index (χ4n) is 0. The molecule has 0 unspecified atom stereocenters. The molecule has 0 amide bonds. The van der Waals surface area contributed by atoms with Crippen molar-refractivity contribution in [1.82, 2.24) is 0 Å². The molecule has 0 aromatic heterocycles. The highest BCUT2D eigenvalue weighted by Gasteiger charge is 1.61. The molecule has 2 nitrogen and oxygen atoms in total. The van der Waals surface area contributed by atoms with Crippen molar-refractivity contribution < 1.29 is 0 Å². The van der Waals surface area contributed by atoms with Crippen LogP contribution >= 0.6 is 0 Å². The molecule has 2 radical (unpaired) electrons. The van der Waals surface area contributed by atoms with E-state index in [2.05, 4.69) is 12.9 Å². The first-order valence-electron chi connectivity index (χ1n) is 1.27. The highest BCUT2D eigenvalue weighted by Crippen LogP contribution is 1.50. The number of hydrogen-bond acceptors (Lipinski definition) is 1. The van der Waals surface area contributed by atoms with E-state index in [-0.39, 0.29) is 0 Å². The van der Waals surface area contributed by atoms with Crippen LogP contribution in [0.25, 0.3) is 0 Å². The first kappa shape index (κ1) is 4.53.